The summed E-state index contributed by atoms with van der Waals surface area (Å²) >= 11 is 0. The van der Waals surface area contributed by atoms with Crippen LogP contribution in [0.5, 0.6) is 0 Å². The number of anilines is 1. The molecule has 1 rings (SSSR count). The summed E-state index contributed by atoms with van der Waals surface area (Å²) in [5, 5.41) is 0. The van der Waals surface area contributed by atoms with Crippen LogP contribution in [0.25, 0.3) is 0 Å². The highest BCUT2D eigenvalue weighted by atomic mass is 19.4. The zero-order valence-electron chi connectivity index (χ0n) is 7.76. The Bertz CT molecular complexity index is 316. The minimum atomic E-state index is -4.35. The minimum Gasteiger partial charge on any atom is -0.382 e. The van der Waals surface area contributed by atoms with Crippen LogP contribution >= 0.6 is 0 Å². The van der Waals surface area contributed by atoms with Gasteiger partial charge in [0.15, 0.2) is 0 Å². The maximum Gasteiger partial charge on any atom is 0.399 e. The highest BCUT2D eigenvalue weighted by Crippen LogP contribution is 2.39. The molecule has 0 aliphatic carbocycles. The number of nitrogen functional groups attached to an aromatic ring is 1. The normalized spacial score (nSPS) is 12.9. The van der Waals surface area contributed by atoms with Crippen molar-refractivity contribution >= 4 is 5.82 Å². The van der Waals surface area contributed by atoms with E-state index in [4.69, 9.17) is 5.73 Å². The molecule has 14 heavy (non-hydrogen) atoms. The molecule has 0 radical (unpaired) electrons. The molecule has 0 aliphatic heterocycles. The van der Waals surface area contributed by atoms with E-state index < -0.39 is 11.6 Å². The molecule has 0 amide bonds. The first-order chi connectivity index (χ1) is 6.25. The van der Waals surface area contributed by atoms with Gasteiger partial charge in [-0.15, -0.1) is 0 Å². The lowest BCUT2D eigenvalue weighted by Crippen LogP contribution is -2.37. The van der Waals surface area contributed by atoms with Gasteiger partial charge in [0.25, 0.3) is 0 Å². The van der Waals surface area contributed by atoms with E-state index in [2.05, 4.69) is 9.97 Å². The van der Waals surface area contributed by atoms with Crippen molar-refractivity contribution in [1.82, 2.24) is 9.97 Å². The Morgan fingerprint density at radius 2 is 1.71 bits per heavy atom. The smallest absolute Gasteiger partial charge is 0.382 e. The van der Waals surface area contributed by atoms with E-state index in [1.807, 2.05) is 0 Å². The molecule has 0 unspecified atom stereocenters. The maximum atomic E-state index is 12.5. The number of aromatic nitrogens is 2. The number of rotatable bonds is 1. The number of nitrogens with zero attached hydrogens (tertiary/aromatic N) is 2. The predicted molar refractivity (Wildman–Crippen MR) is 45.5 cm³/mol. The first-order valence-electron chi connectivity index (χ1n) is 3.90. The first kappa shape index (κ1) is 10.7. The molecule has 1 aromatic heterocycles. The van der Waals surface area contributed by atoms with E-state index in [1.165, 1.54) is 0 Å². The highest BCUT2D eigenvalue weighted by Gasteiger charge is 2.49. The molecule has 0 aromatic carbocycles. The van der Waals surface area contributed by atoms with Crippen LogP contribution < -0.4 is 5.73 Å². The second-order valence-corrected chi connectivity index (χ2v) is 3.45. The molecule has 1 aromatic rings. The van der Waals surface area contributed by atoms with Gasteiger partial charge < -0.3 is 5.73 Å². The Morgan fingerprint density at radius 1 is 1.14 bits per heavy atom. The summed E-state index contributed by atoms with van der Waals surface area (Å²) in [6.45, 7) is 2.10. The van der Waals surface area contributed by atoms with Crippen molar-refractivity contribution in [3.05, 3.63) is 18.1 Å². The third-order valence-electron chi connectivity index (χ3n) is 2.02. The van der Waals surface area contributed by atoms with Crippen molar-refractivity contribution in [3.8, 4) is 0 Å². The predicted octanol–water partition coefficient (Wildman–Crippen LogP) is 1.90. The zero-order chi connectivity index (χ0) is 11.0. The van der Waals surface area contributed by atoms with Gasteiger partial charge in [-0.05, 0) is 13.8 Å². The van der Waals surface area contributed by atoms with Crippen molar-refractivity contribution in [2.45, 2.75) is 25.4 Å². The largest absolute Gasteiger partial charge is 0.399 e. The number of hydrogen-bond donors (Lipinski definition) is 1. The van der Waals surface area contributed by atoms with Crippen molar-refractivity contribution in [1.29, 1.82) is 0 Å². The molecule has 0 saturated carbocycles. The summed E-state index contributed by atoms with van der Waals surface area (Å²) in [5.41, 5.74) is 3.08. The number of halogens is 3. The Kier molecular flexibility index (Phi) is 2.39. The summed E-state index contributed by atoms with van der Waals surface area (Å²) in [6.07, 6.45) is -2.19. The van der Waals surface area contributed by atoms with Crippen molar-refractivity contribution in [2.24, 2.45) is 0 Å². The summed E-state index contributed by atoms with van der Waals surface area (Å²) in [6, 6.07) is 0. The molecule has 2 N–H and O–H groups in total. The average Bonchev–Trinajstić information content (AvgIpc) is 2.03. The fraction of sp³-hybridized carbons (Fsp3) is 0.500. The van der Waals surface area contributed by atoms with Gasteiger partial charge in [-0.25, -0.2) is 4.98 Å². The molecule has 0 fully saturated rings. The molecule has 0 aliphatic rings. The molecular weight excluding hydrogens is 195 g/mol. The van der Waals surface area contributed by atoms with Crippen molar-refractivity contribution in [2.75, 3.05) is 5.73 Å². The molecule has 0 saturated heterocycles. The Morgan fingerprint density at radius 3 is 2.07 bits per heavy atom. The summed E-state index contributed by atoms with van der Waals surface area (Å²) < 4.78 is 37.6. The van der Waals surface area contributed by atoms with E-state index in [1.54, 1.807) is 0 Å². The van der Waals surface area contributed by atoms with Gasteiger partial charge in [0.05, 0.1) is 18.1 Å². The molecule has 6 heteroatoms. The minimum absolute atomic E-state index is 0.103. The molecule has 78 valence electrons. The van der Waals surface area contributed by atoms with Crippen LogP contribution in [0.1, 0.15) is 19.5 Å². The molecule has 0 bridgehead atoms. The summed E-state index contributed by atoms with van der Waals surface area (Å²) in [7, 11) is 0. The van der Waals surface area contributed by atoms with Crippen LogP contribution in [0.2, 0.25) is 0 Å². The topological polar surface area (TPSA) is 51.8 Å². The SMILES string of the molecule is CC(C)(c1cnc(N)cn1)C(F)(F)F. The van der Waals surface area contributed by atoms with Gasteiger partial charge >= 0.3 is 6.18 Å². The lowest BCUT2D eigenvalue weighted by atomic mass is 9.89. The van der Waals surface area contributed by atoms with Crippen molar-refractivity contribution in [3.63, 3.8) is 0 Å². The van der Waals surface area contributed by atoms with Crippen molar-refractivity contribution < 1.29 is 13.2 Å². The van der Waals surface area contributed by atoms with Gasteiger partial charge in [0.1, 0.15) is 11.2 Å². The quantitative estimate of drug-likeness (QED) is 0.761. The van der Waals surface area contributed by atoms with Gasteiger partial charge in [0, 0.05) is 0 Å². The average molecular weight is 205 g/mol. The van der Waals surface area contributed by atoms with Gasteiger partial charge in [-0.2, -0.15) is 13.2 Å². The fourth-order valence-corrected chi connectivity index (χ4v) is 0.806. The maximum absolute atomic E-state index is 12.5. The standard InChI is InChI=1S/C8H10F3N3/c1-7(2,8(9,10)11)5-3-14-6(12)4-13-5/h3-4H,1-2H3,(H2,12,14). The Labute approximate surface area is 79.2 Å². The second kappa shape index (κ2) is 3.11. The van der Waals surface area contributed by atoms with Crippen LogP contribution in [-0.4, -0.2) is 16.1 Å². The van der Waals surface area contributed by atoms with Crippen LogP contribution in [0.15, 0.2) is 12.4 Å². The van der Waals surface area contributed by atoms with E-state index in [0.29, 0.717) is 0 Å². The van der Waals surface area contributed by atoms with E-state index in [9.17, 15) is 13.2 Å². The molecule has 1 heterocycles. The summed E-state index contributed by atoms with van der Waals surface area (Å²) in [5.74, 6) is 0.103. The first-order valence-corrected chi connectivity index (χ1v) is 3.90. The monoisotopic (exact) mass is 205 g/mol. The van der Waals surface area contributed by atoms with Crippen LogP contribution in [0.4, 0.5) is 19.0 Å². The van der Waals surface area contributed by atoms with E-state index in [0.717, 1.165) is 26.2 Å². The van der Waals surface area contributed by atoms with E-state index >= 15 is 0 Å². The van der Waals surface area contributed by atoms with Crippen LogP contribution in [0.3, 0.4) is 0 Å². The van der Waals surface area contributed by atoms with Gasteiger partial charge in [0.2, 0.25) is 0 Å². The van der Waals surface area contributed by atoms with Crippen LogP contribution in [-0.2, 0) is 5.41 Å². The molecule has 0 atom stereocenters. The zero-order valence-corrected chi connectivity index (χ0v) is 7.76. The second-order valence-electron chi connectivity index (χ2n) is 3.45. The Balaban J connectivity index is 3.10. The Hall–Kier alpha value is -1.33. The molecular formula is C8H10F3N3. The molecule has 0 spiro atoms. The lowest BCUT2D eigenvalue weighted by molar-refractivity contribution is -0.181. The third-order valence-corrected chi connectivity index (χ3v) is 2.02. The van der Waals surface area contributed by atoms with Gasteiger partial charge in [-0.3, -0.25) is 4.98 Å². The third kappa shape index (κ3) is 1.78. The fourth-order valence-electron chi connectivity index (χ4n) is 0.806. The number of alkyl halides is 3. The summed E-state index contributed by atoms with van der Waals surface area (Å²) in [4.78, 5) is 7.18. The molecule has 3 nitrogen and oxygen atoms in total. The van der Waals surface area contributed by atoms with E-state index in [-0.39, 0.29) is 11.5 Å². The number of hydrogen-bond acceptors (Lipinski definition) is 3. The van der Waals surface area contributed by atoms with Gasteiger partial charge in [-0.1, -0.05) is 0 Å². The lowest BCUT2D eigenvalue weighted by Gasteiger charge is -2.26. The number of nitrogens with two attached hydrogens (primary N) is 1. The van der Waals surface area contributed by atoms with Crippen LogP contribution in [0, 0.1) is 0 Å². The highest BCUT2D eigenvalue weighted by molar-refractivity contribution is 5.25.